The van der Waals surface area contributed by atoms with Gasteiger partial charge in [-0.2, -0.15) is 0 Å². The minimum Gasteiger partial charge on any atom is -0.350 e. The first-order chi connectivity index (χ1) is 5.26. The van der Waals surface area contributed by atoms with Crippen molar-refractivity contribution in [1.82, 2.24) is 5.32 Å². The Labute approximate surface area is 80.3 Å². The first-order valence-electron chi connectivity index (χ1n) is 4.14. The fourth-order valence-electron chi connectivity index (χ4n) is 2.22. The van der Waals surface area contributed by atoms with Crippen LogP contribution in [-0.2, 0) is 4.79 Å². The molecule has 62 valence electrons. The zero-order chi connectivity index (χ0) is 7.90. The molecule has 1 aliphatic carbocycles. The third kappa shape index (κ3) is 1.17. The van der Waals surface area contributed by atoms with Gasteiger partial charge in [0, 0.05) is 15.9 Å². The molecular weight excluding hydrogens is 253 g/mol. The van der Waals surface area contributed by atoms with Gasteiger partial charge in [-0.1, -0.05) is 29.0 Å². The van der Waals surface area contributed by atoms with E-state index in [1.54, 1.807) is 0 Å². The van der Waals surface area contributed by atoms with E-state index < -0.39 is 0 Å². The summed E-state index contributed by atoms with van der Waals surface area (Å²) in [5.74, 6) is 0.651. The van der Waals surface area contributed by atoms with Crippen LogP contribution in [0.3, 0.4) is 0 Å². The maximum atomic E-state index is 11.3. The molecule has 1 amide bonds. The zero-order valence-corrected chi connectivity index (χ0v) is 8.56. The normalized spacial score (nSPS) is 42.3. The Morgan fingerprint density at radius 3 is 3.18 bits per heavy atom. The fourth-order valence-corrected chi connectivity index (χ4v) is 3.10. The van der Waals surface area contributed by atoms with Crippen molar-refractivity contribution in [3.63, 3.8) is 0 Å². The third-order valence-corrected chi connectivity index (χ3v) is 4.32. The Kier molecular flexibility index (Phi) is 1.85. The van der Waals surface area contributed by atoms with Crippen LogP contribution in [0, 0.1) is 5.92 Å². The van der Waals surface area contributed by atoms with Gasteiger partial charge in [0.05, 0.1) is 0 Å². The molecule has 2 aliphatic rings. The highest BCUT2D eigenvalue weighted by Gasteiger charge is 2.45. The zero-order valence-electron chi connectivity index (χ0n) is 6.40. The predicted octanol–water partition coefficient (Wildman–Crippen LogP) is 1.48. The van der Waals surface area contributed by atoms with Crippen molar-refractivity contribution in [2.75, 3.05) is 4.43 Å². The minimum absolute atomic E-state index is 0.195. The van der Waals surface area contributed by atoms with Crippen molar-refractivity contribution in [3.8, 4) is 0 Å². The lowest BCUT2D eigenvalue weighted by Crippen LogP contribution is -2.42. The average molecular weight is 265 g/mol. The Morgan fingerprint density at radius 2 is 2.55 bits per heavy atom. The first kappa shape index (κ1) is 7.83. The molecule has 2 rings (SSSR count). The van der Waals surface area contributed by atoms with Gasteiger partial charge >= 0.3 is 0 Å². The summed E-state index contributed by atoms with van der Waals surface area (Å²) >= 11 is 2.38. The van der Waals surface area contributed by atoms with Crippen LogP contribution >= 0.6 is 22.6 Å². The number of hydrogen-bond donors (Lipinski definition) is 1. The molecule has 0 spiro atoms. The number of hydrogen-bond acceptors (Lipinski definition) is 1. The lowest BCUT2D eigenvalue weighted by Gasteiger charge is -2.29. The van der Waals surface area contributed by atoms with Crippen LogP contribution in [0.5, 0.6) is 0 Å². The summed E-state index contributed by atoms with van der Waals surface area (Å²) in [6, 6.07) is 0. The number of rotatable bonds is 1. The average Bonchev–Trinajstić information content (AvgIpc) is 2.25. The van der Waals surface area contributed by atoms with E-state index in [2.05, 4.69) is 27.9 Å². The molecule has 1 aliphatic heterocycles. The molecule has 1 N–H and O–H groups in total. The molecule has 3 heteroatoms. The van der Waals surface area contributed by atoms with Gasteiger partial charge < -0.3 is 5.32 Å². The summed E-state index contributed by atoms with van der Waals surface area (Å²) in [4.78, 5) is 11.3. The van der Waals surface area contributed by atoms with Gasteiger partial charge in [-0.05, 0) is 19.3 Å². The number of carbonyl (C=O) groups excluding carboxylic acids is 1. The smallest absolute Gasteiger partial charge is 0.223 e. The van der Waals surface area contributed by atoms with Crippen molar-refractivity contribution in [2.45, 2.75) is 31.2 Å². The molecule has 0 aromatic rings. The molecule has 11 heavy (non-hydrogen) atoms. The fraction of sp³-hybridized carbons (Fsp3) is 0.875. The second-order valence-corrected chi connectivity index (χ2v) is 4.46. The van der Waals surface area contributed by atoms with Gasteiger partial charge in [0.2, 0.25) is 5.91 Å². The monoisotopic (exact) mass is 265 g/mol. The topological polar surface area (TPSA) is 29.1 Å². The van der Waals surface area contributed by atoms with E-state index in [9.17, 15) is 4.79 Å². The maximum Gasteiger partial charge on any atom is 0.223 e. The molecule has 2 bridgehead atoms. The van der Waals surface area contributed by atoms with Gasteiger partial charge in [0.1, 0.15) is 0 Å². The standard InChI is InChI=1S/C8H12INO/c9-5-8-3-1-2-6(4-8)7(11)10-8/h6H,1-5H2,(H,10,11). The largest absolute Gasteiger partial charge is 0.350 e. The SMILES string of the molecule is O=C1NC2(CI)CCCC1C2. The van der Waals surface area contributed by atoms with E-state index in [1.807, 2.05) is 0 Å². The van der Waals surface area contributed by atoms with Crippen LogP contribution in [0.4, 0.5) is 0 Å². The number of alkyl halides is 1. The molecule has 0 radical (unpaired) electrons. The highest BCUT2D eigenvalue weighted by Crippen LogP contribution is 2.39. The van der Waals surface area contributed by atoms with E-state index in [1.165, 1.54) is 12.8 Å². The molecule has 1 saturated carbocycles. The lowest BCUT2D eigenvalue weighted by molar-refractivity contribution is -0.122. The Morgan fingerprint density at radius 1 is 1.73 bits per heavy atom. The van der Waals surface area contributed by atoms with Crippen LogP contribution < -0.4 is 5.32 Å². The first-order valence-corrected chi connectivity index (χ1v) is 5.66. The molecule has 2 nitrogen and oxygen atoms in total. The van der Waals surface area contributed by atoms with E-state index in [0.717, 1.165) is 17.3 Å². The quantitative estimate of drug-likeness (QED) is 0.564. The molecule has 2 atom stereocenters. The number of amides is 1. The molecule has 1 saturated heterocycles. The molecule has 0 aromatic carbocycles. The molecular formula is C8H12INO. The second-order valence-electron chi connectivity index (χ2n) is 3.70. The summed E-state index contributed by atoms with van der Waals surface area (Å²) in [6.07, 6.45) is 4.63. The highest BCUT2D eigenvalue weighted by atomic mass is 127. The lowest BCUT2D eigenvalue weighted by atomic mass is 9.81. The Bertz CT molecular complexity index is 195. The number of halogens is 1. The summed E-state index contributed by atoms with van der Waals surface area (Å²) in [7, 11) is 0. The van der Waals surface area contributed by atoms with Gasteiger partial charge in [0.25, 0.3) is 0 Å². The van der Waals surface area contributed by atoms with E-state index >= 15 is 0 Å². The van der Waals surface area contributed by atoms with E-state index in [0.29, 0.717) is 11.8 Å². The molecule has 2 unspecified atom stereocenters. The van der Waals surface area contributed by atoms with Crippen molar-refractivity contribution in [3.05, 3.63) is 0 Å². The van der Waals surface area contributed by atoms with E-state index in [4.69, 9.17) is 0 Å². The second kappa shape index (κ2) is 2.61. The highest BCUT2D eigenvalue weighted by molar-refractivity contribution is 14.1. The summed E-state index contributed by atoms with van der Waals surface area (Å²) < 4.78 is 1.08. The van der Waals surface area contributed by atoms with Gasteiger partial charge in [-0.25, -0.2) is 0 Å². The van der Waals surface area contributed by atoms with Gasteiger partial charge in [-0.3, -0.25) is 4.79 Å². The summed E-state index contributed by atoms with van der Waals surface area (Å²) in [5, 5.41) is 3.13. The van der Waals surface area contributed by atoms with Crippen LogP contribution in [0.15, 0.2) is 0 Å². The van der Waals surface area contributed by atoms with Gasteiger partial charge in [-0.15, -0.1) is 0 Å². The van der Waals surface area contributed by atoms with Crippen LogP contribution in [0.1, 0.15) is 25.7 Å². The van der Waals surface area contributed by atoms with E-state index in [-0.39, 0.29) is 5.54 Å². The van der Waals surface area contributed by atoms with Crippen LogP contribution in [0.25, 0.3) is 0 Å². The molecule has 2 fully saturated rings. The number of fused-ring (bicyclic) bond motifs is 2. The third-order valence-electron chi connectivity index (χ3n) is 2.86. The number of carbonyl (C=O) groups is 1. The van der Waals surface area contributed by atoms with Crippen molar-refractivity contribution >= 4 is 28.5 Å². The van der Waals surface area contributed by atoms with Crippen molar-refractivity contribution in [2.24, 2.45) is 5.92 Å². The maximum absolute atomic E-state index is 11.3. The summed E-state index contributed by atoms with van der Waals surface area (Å²) in [5.41, 5.74) is 0.195. The van der Waals surface area contributed by atoms with Crippen molar-refractivity contribution < 1.29 is 4.79 Å². The number of nitrogens with one attached hydrogen (secondary N) is 1. The molecule has 0 aromatic heterocycles. The van der Waals surface area contributed by atoms with Crippen LogP contribution in [-0.4, -0.2) is 15.9 Å². The Hall–Kier alpha value is 0.200. The summed E-state index contributed by atoms with van der Waals surface area (Å²) in [6.45, 7) is 0. The van der Waals surface area contributed by atoms with Gasteiger partial charge in [0.15, 0.2) is 0 Å². The molecule has 1 heterocycles. The van der Waals surface area contributed by atoms with Crippen molar-refractivity contribution in [1.29, 1.82) is 0 Å². The minimum atomic E-state index is 0.195. The Balaban J connectivity index is 2.20. The van der Waals surface area contributed by atoms with Crippen LogP contribution in [0.2, 0.25) is 0 Å². The predicted molar refractivity (Wildman–Crippen MR) is 51.7 cm³/mol.